The smallest absolute Gasteiger partial charge is 0.293 e. The van der Waals surface area contributed by atoms with Gasteiger partial charge in [0.1, 0.15) is 5.69 Å². The summed E-state index contributed by atoms with van der Waals surface area (Å²) in [5, 5.41) is 20.8. The Bertz CT molecular complexity index is 783. The Morgan fingerprint density at radius 1 is 1.19 bits per heavy atom. The number of likely N-dealkylation sites (N-methyl/N-ethyl adjacent to an activating group) is 1. The molecule has 0 aliphatic rings. The number of nitrogens with one attached hydrogen (secondary N) is 3. The first-order chi connectivity index (χ1) is 12.5. The van der Waals surface area contributed by atoms with E-state index in [2.05, 4.69) is 16.0 Å². The second kappa shape index (κ2) is 9.74. The van der Waals surface area contributed by atoms with Gasteiger partial charge in [-0.15, -0.1) is 0 Å². The van der Waals surface area contributed by atoms with Crippen LogP contribution < -0.4 is 16.0 Å². The largest absolute Gasteiger partial charge is 0.375 e. The van der Waals surface area contributed by atoms with Crippen LogP contribution in [0, 0.1) is 10.1 Å². The van der Waals surface area contributed by atoms with Crippen molar-refractivity contribution in [3.8, 4) is 0 Å². The summed E-state index contributed by atoms with van der Waals surface area (Å²) in [5.41, 5.74) is 1.25. The molecule has 3 N–H and O–H groups in total. The van der Waals surface area contributed by atoms with Crippen LogP contribution in [0.4, 0.5) is 11.4 Å². The Balaban J connectivity index is 2.09. The molecule has 2 aromatic carbocycles. The third-order valence-electron chi connectivity index (χ3n) is 3.72. The van der Waals surface area contributed by atoms with Crippen molar-refractivity contribution in [2.75, 3.05) is 25.0 Å². The molecule has 138 valence electrons. The van der Waals surface area contributed by atoms with Crippen LogP contribution in [0.2, 0.25) is 5.02 Å². The predicted molar refractivity (Wildman–Crippen MR) is 103 cm³/mol. The summed E-state index contributed by atoms with van der Waals surface area (Å²) in [6.45, 7) is 4.22. The van der Waals surface area contributed by atoms with E-state index in [9.17, 15) is 14.9 Å². The van der Waals surface area contributed by atoms with Gasteiger partial charge in [-0.25, -0.2) is 0 Å². The van der Waals surface area contributed by atoms with Crippen molar-refractivity contribution >= 4 is 28.9 Å². The van der Waals surface area contributed by atoms with Crippen LogP contribution in [0.25, 0.3) is 0 Å². The fourth-order valence-electron chi connectivity index (χ4n) is 2.35. The summed E-state index contributed by atoms with van der Waals surface area (Å²) in [4.78, 5) is 23.0. The number of benzene rings is 2. The van der Waals surface area contributed by atoms with Gasteiger partial charge in [0.2, 0.25) is 0 Å². The highest BCUT2D eigenvalue weighted by molar-refractivity contribution is 6.31. The molecule has 0 radical (unpaired) electrons. The molecular weight excluding hydrogens is 356 g/mol. The number of anilines is 1. The van der Waals surface area contributed by atoms with E-state index in [-0.39, 0.29) is 17.2 Å². The maximum Gasteiger partial charge on any atom is 0.293 e. The Morgan fingerprint density at radius 2 is 1.96 bits per heavy atom. The average Bonchev–Trinajstić information content (AvgIpc) is 2.64. The second-order valence-corrected chi connectivity index (χ2v) is 5.95. The van der Waals surface area contributed by atoms with Crippen LogP contribution in [0.5, 0.6) is 0 Å². The molecule has 0 heterocycles. The number of nitrogens with zero attached hydrogens (tertiary/aromatic N) is 1. The van der Waals surface area contributed by atoms with Crippen molar-refractivity contribution in [2.45, 2.75) is 13.5 Å². The monoisotopic (exact) mass is 376 g/mol. The fourth-order valence-corrected chi connectivity index (χ4v) is 2.55. The molecule has 0 fully saturated rings. The van der Waals surface area contributed by atoms with Gasteiger partial charge in [0, 0.05) is 36.3 Å². The lowest BCUT2D eigenvalue weighted by atomic mass is 10.1. The zero-order valence-electron chi connectivity index (χ0n) is 14.4. The molecule has 0 aromatic heterocycles. The number of amides is 1. The second-order valence-electron chi connectivity index (χ2n) is 5.54. The van der Waals surface area contributed by atoms with Crippen molar-refractivity contribution in [1.82, 2.24) is 10.6 Å². The van der Waals surface area contributed by atoms with Gasteiger partial charge >= 0.3 is 0 Å². The van der Waals surface area contributed by atoms with E-state index >= 15 is 0 Å². The highest BCUT2D eigenvalue weighted by Gasteiger charge is 2.17. The van der Waals surface area contributed by atoms with Gasteiger partial charge < -0.3 is 16.0 Å². The lowest BCUT2D eigenvalue weighted by molar-refractivity contribution is -0.384. The van der Waals surface area contributed by atoms with Crippen LogP contribution in [-0.2, 0) is 6.54 Å². The molecule has 0 aliphatic carbocycles. The van der Waals surface area contributed by atoms with Crippen LogP contribution in [0.3, 0.4) is 0 Å². The summed E-state index contributed by atoms with van der Waals surface area (Å²) in [6.07, 6.45) is 0. The predicted octanol–water partition coefficient (Wildman–Crippen LogP) is 3.20. The van der Waals surface area contributed by atoms with Crippen LogP contribution in [0.1, 0.15) is 22.8 Å². The summed E-state index contributed by atoms with van der Waals surface area (Å²) in [5.74, 6) is -0.344. The van der Waals surface area contributed by atoms with Crippen molar-refractivity contribution in [3.05, 3.63) is 68.7 Å². The molecule has 1 amide bonds. The lowest BCUT2D eigenvalue weighted by Gasteiger charge is -2.10. The minimum atomic E-state index is -0.510. The van der Waals surface area contributed by atoms with Gasteiger partial charge in [-0.05, 0) is 30.3 Å². The quantitative estimate of drug-likeness (QED) is 0.355. The molecular formula is C18H21ClN4O3. The van der Waals surface area contributed by atoms with E-state index in [0.29, 0.717) is 30.3 Å². The minimum absolute atomic E-state index is 0.156. The summed E-state index contributed by atoms with van der Waals surface area (Å²) >= 11 is 6.10. The van der Waals surface area contributed by atoms with E-state index < -0.39 is 4.92 Å². The fraction of sp³-hybridized carbons (Fsp3) is 0.278. The maximum absolute atomic E-state index is 12.1. The molecule has 26 heavy (non-hydrogen) atoms. The van der Waals surface area contributed by atoms with Crippen molar-refractivity contribution in [1.29, 1.82) is 0 Å². The van der Waals surface area contributed by atoms with Gasteiger partial charge in [-0.1, -0.05) is 36.7 Å². The van der Waals surface area contributed by atoms with E-state index in [4.69, 9.17) is 11.6 Å². The highest BCUT2D eigenvalue weighted by Crippen LogP contribution is 2.27. The highest BCUT2D eigenvalue weighted by atomic mass is 35.5. The van der Waals surface area contributed by atoms with E-state index in [1.165, 1.54) is 12.1 Å². The SMILES string of the molecule is CCNCCNC(=O)c1ccc(NCc2ccccc2Cl)c([N+](=O)[O-])c1. The van der Waals surface area contributed by atoms with Gasteiger partial charge in [0.05, 0.1) is 4.92 Å². The molecule has 8 heteroatoms. The van der Waals surface area contributed by atoms with Gasteiger partial charge in [0.25, 0.3) is 11.6 Å². The Hall–Kier alpha value is -2.64. The standard InChI is InChI=1S/C18H21ClN4O3/c1-2-20-9-10-21-18(24)13-7-8-16(17(11-13)23(25)26)22-12-14-5-3-4-6-15(14)19/h3-8,11,20,22H,2,9-10,12H2,1H3,(H,21,24). The number of nitro groups is 1. The van der Waals surface area contributed by atoms with E-state index in [0.717, 1.165) is 12.1 Å². The zero-order valence-corrected chi connectivity index (χ0v) is 15.2. The molecule has 2 aromatic rings. The first kappa shape index (κ1) is 19.7. The molecule has 0 saturated heterocycles. The molecule has 2 rings (SSSR count). The lowest BCUT2D eigenvalue weighted by Crippen LogP contribution is -2.31. The minimum Gasteiger partial charge on any atom is -0.375 e. The molecule has 0 spiro atoms. The number of halogens is 1. The van der Waals surface area contributed by atoms with Crippen LogP contribution >= 0.6 is 11.6 Å². The third-order valence-corrected chi connectivity index (χ3v) is 4.09. The van der Waals surface area contributed by atoms with Gasteiger partial charge in [-0.2, -0.15) is 0 Å². The third kappa shape index (κ3) is 5.44. The van der Waals surface area contributed by atoms with Crippen LogP contribution in [0.15, 0.2) is 42.5 Å². The zero-order chi connectivity index (χ0) is 18.9. The Morgan fingerprint density at radius 3 is 2.65 bits per heavy atom. The number of carbonyl (C=O) groups excluding carboxylic acids is 1. The molecule has 0 atom stereocenters. The van der Waals surface area contributed by atoms with Crippen molar-refractivity contribution < 1.29 is 9.72 Å². The number of hydrogen-bond acceptors (Lipinski definition) is 5. The number of hydrogen-bond donors (Lipinski definition) is 3. The van der Waals surface area contributed by atoms with E-state index in [1.807, 2.05) is 25.1 Å². The topological polar surface area (TPSA) is 96.3 Å². The first-order valence-corrected chi connectivity index (χ1v) is 8.65. The molecule has 0 bridgehead atoms. The molecule has 0 saturated carbocycles. The average molecular weight is 377 g/mol. The summed E-state index contributed by atoms with van der Waals surface area (Å²) < 4.78 is 0. The number of nitro benzene ring substituents is 1. The number of carbonyl (C=O) groups is 1. The molecule has 0 unspecified atom stereocenters. The Kier molecular flexibility index (Phi) is 7.37. The van der Waals surface area contributed by atoms with Crippen molar-refractivity contribution in [3.63, 3.8) is 0 Å². The maximum atomic E-state index is 12.1. The van der Waals surface area contributed by atoms with Crippen molar-refractivity contribution in [2.24, 2.45) is 0 Å². The first-order valence-electron chi connectivity index (χ1n) is 8.27. The summed E-state index contributed by atoms with van der Waals surface area (Å²) in [7, 11) is 0. The van der Waals surface area contributed by atoms with E-state index in [1.54, 1.807) is 12.1 Å². The van der Waals surface area contributed by atoms with Gasteiger partial charge in [0.15, 0.2) is 0 Å². The normalized spacial score (nSPS) is 10.4. The molecule has 0 aliphatic heterocycles. The summed E-state index contributed by atoms with van der Waals surface area (Å²) in [6, 6.07) is 11.6. The molecule has 7 nitrogen and oxygen atoms in total. The van der Waals surface area contributed by atoms with Crippen LogP contribution in [-0.4, -0.2) is 30.5 Å². The Labute approximate surface area is 156 Å². The van der Waals surface area contributed by atoms with Gasteiger partial charge in [-0.3, -0.25) is 14.9 Å². The number of rotatable bonds is 9.